The van der Waals surface area contributed by atoms with Gasteiger partial charge < -0.3 is 0 Å². The Kier molecular flexibility index (Phi) is 4.32. The Morgan fingerprint density at radius 3 is 2.24 bits per heavy atom. The molecule has 0 unspecified atom stereocenters. The fraction of sp³-hybridized carbons (Fsp3) is 0.133. The number of Topliss-reactive ketones (excluding diaryl/α,β-unsaturated/α-hetero) is 1. The van der Waals surface area contributed by atoms with Crippen LogP contribution in [0.4, 0.5) is 17.6 Å². The Hall–Kier alpha value is -1.88. The van der Waals surface area contributed by atoms with Crippen molar-refractivity contribution in [1.29, 1.82) is 0 Å². The average Bonchev–Trinajstić information content (AvgIpc) is 2.41. The van der Waals surface area contributed by atoms with Crippen molar-refractivity contribution in [1.82, 2.24) is 0 Å². The van der Waals surface area contributed by atoms with Gasteiger partial charge in [-0.15, -0.1) is 0 Å². The molecule has 110 valence electrons. The van der Waals surface area contributed by atoms with Gasteiger partial charge >= 0.3 is 6.18 Å². The van der Waals surface area contributed by atoms with Gasteiger partial charge in [0.05, 0.1) is 16.1 Å². The molecule has 1 nitrogen and oxygen atoms in total. The fourth-order valence-electron chi connectivity index (χ4n) is 1.81. The summed E-state index contributed by atoms with van der Waals surface area (Å²) in [5, 5.41) is -0.173. The summed E-state index contributed by atoms with van der Waals surface area (Å²) in [6.45, 7) is 0. The van der Waals surface area contributed by atoms with E-state index < -0.39 is 23.3 Å². The molecule has 0 aliphatic carbocycles. The predicted octanol–water partition coefficient (Wildman–Crippen LogP) is 4.92. The summed E-state index contributed by atoms with van der Waals surface area (Å²) in [5.74, 6) is -1.37. The number of rotatable bonds is 3. The number of halogens is 5. The molecule has 0 aliphatic heterocycles. The zero-order valence-electron chi connectivity index (χ0n) is 10.5. The van der Waals surface area contributed by atoms with Gasteiger partial charge in [0.25, 0.3) is 0 Å². The molecule has 2 aromatic carbocycles. The number of carbonyl (C=O) groups is 1. The van der Waals surface area contributed by atoms with Crippen molar-refractivity contribution >= 4 is 17.4 Å². The lowest BCUT2D eigenvalue weighted by Gasteiger charge is -2.08. The highest BCUT2D eigenvalue weighted by Gasteiger charge is 2.30. The third kappa shape index (κ3) is 3.61. The molecule has 0 bridgehead atoms. The first-order chi connectivity index (χ1) is 9.79. The summed E-state index contributed by atoms with van der Waals surface area (Å²) in [7, 11) is 0. The second-order valence-electron chi connectivity index (χ2n) is 4.40. The van der Waals surface area contributed by atoms with Crippen LogP contribution in [0.5, 0.6) is 0 Å². The summed E-state index contributed by atoms with van der Waals surface area (Å²) >= 11 is 5.58. The van der Waals surface area contributed by atoms with E-state index in [1.807, 2.05) is 0 Å². The normalized spacial score (nSPS) is 11.5. The van der Waals surface area contributed by atoms with E-state index in [9.17, 15) is 22.4 Å². The highest BCUT2D eigenvalue weighted by atomic mass is 35.5. The zero-order chi connectivity index (χ0) is 15.6. The van der Waals surface area contributed by atoms with Crippen LogP contribution in [0.25, 0.3) is 0 Å². The smallest absolute Gasteiger partial charge is 0.294 e. The number of hydrogen-bond acceptors (Lipinski definition) is 1. The topological polar surface area (TPSA) is 17.1 Å². The third-order valence-corrected chi connectivity index (χ3v) is 3.19. The first kappa shape index (κ1) is 15.5. The van der Waals surface area contributed by atoms with Gasteiger partial charge in [0.15, 0.2) is 11.6 Å². The maximum absolute atomic E-state index is 13.7. The van der Waals surface area contributed by atoms with Gasteiger partial charge in [0.1, 0.15) is 0 Å². The van der Waals surface area contributed by atoms with Crippen LogP contribution in [0.3, 0.4) is 0 Å². The molecule has 21 heavy (non-hydrogen) atoms. The molecular formula is C15H9ClF4O. The van der Waals surface area contributed by atoms with Gasteiger partial charge in [-0.3, -0.25) is 4.79 Å². The van der Waals surface area contributed by atoms with E-state index in [1.54, 1.807) is 0 Å². The van der Waals surface area contributed by atoms with E-state index in [4.69, 9.17) is 11.6 Å². The van der Waals surface area contributed by atoms with Crippen LogP contribution in [-0.4, -0.2) is 5.78 Å². The van der Waals surface area contributed by atoms with Crippen LogP contribution in [0.1, 0.15) is 21.5 Å². The lowest BCUT2D eigenvalue weighted by molar-refractivity contribution is -0.137. The van der Waals surface area contributed by atoms with Crippen LogP contribution in [0.2, 0.25) is 5.02 Å². The van der Waals surface area contributed by atoms with E-state index in [0.29, 0.717) is 5.56 Å². The first-order valence-corrected chi connectivity index (χ1v) is 6.30. The molecule has 2 aromatic rings. The van der Waals surface area contributed by atoms with Crippen LogP contribution < -0.4 is 0 Å². The summed E-state index contributed by atoms with van der Waals surface area (Å²) in [5.41, 5.74) is -0.609. The van der Waals surface area contributed by atoms with Crippen LogP contribution in [-0.2, 0) is 12.6 Å². The summed E-state index contributed by atoms with van der Waals surface area (Å²) in [6, 6.07) is 8.20. The van der Waals surface area contributed by atoms with Crippen molar-refractivity contribution in [3.8, 4) is 0 Å². The Morgan fingerprint density at radius 2 is 1.67 bits per heavy atom. The van der Waals surface area contributed by atoms with Gasteiger partial charge in [-0.25, -0.2) is 4.39 Å². The lowest BCUT2D eigenvalue weighted by atomic mass is 10.0. The molecule has 0 aliphatic rings. The van der Waals surface area contributed by atoms with Gasteiger partial charge in [-0.05, 0) is 29.8 Å². The molecule has 0 fully saturated rings. The van der Waals surface area contributed by atoms with Gasteiger partial charge in [0.2, 0.25) is 0 Å². The number of ketones is 1. The van der Waals surface area contributed by atoms with E-state index in [2.05, 4.69) is 0 Å². The summed E-state index contributed by atoms with van der Waals surface area (Å²) in [6.07, 6.45) is -4.63. The minimum absolute atomic E-state index is 0.173. The quantitative estimate of drug-likeness (QED) is 0.580. The highest BCUT2D eigenvalue weighted by Crippen LogP contribution is 2.29. The molecule has 2 rings (SSSR count). The molecule has 0 N–H and O–H groups in total. The van der Waals surface area contributed by atoms with E-state index >= 15 is 0 Å². The van der Waals surface area contributed by atoms with Crippen LogP contribution >= 0.6 is 11.6 Å². The lowest BCUT2D eigenvalue weighted by Crippen LogP contribution is -2.08. The molecule has 0 aromatic heterocycles. The number of benzene rings is 2. The Bertz CT molecular complexity index is 662. The molecule has 0 spiro atoms. The number of alkyl halides is 3. The fourth-order valence-corrected chi connectivity index (χ4v) is 1.99. The van der Waals surface area contributed by atoms with Crippen LogP contribution in [0, 0.1) is 5.82 Å². The standard InChI is InChI=1S/C15H9ClF4O/c16-12-3-1-2-11(14(12)17)13(21)8-9-4-6-10(7-5-9)15(18,19)20/h1-7H,8H2. The molecule has 0 saturated heterocycles. The SMILES string of the molecule is O=C(Cc1ccc(C(F)(F)F)cc1)c1cccc(Cl)c1F. The van der Waals surface area contributed by atoms with E-state index in [-0.39, 0.29) is 17.0 Å². The van der Waals surface area contributed by atoms with Crippen molar-refractivity contribution in [3.63, 3.8) is 0 Å². The molecule has 0 amide bonds. The largest absolute Gasteiger partial charge is 0.416 e. The van der Waals surface area contributed by atoms with Crippen molar-refractivity contribution in [2.75, 3.05) is 0 Å². The van der Waals surface area contributed by atoms with Gasteiger partial charge in [-0.2, -0.15) is 13.2 Å². The molecule has 0 radical (unpaired) electrons. The zero-order valence-corrected chi connectivity index (χ0v) is 11.3. The molecule has 0 heterocycles. The summed E-state index contributed by atoms with van der Waals surface area (Å²) in [4.78, 5) is 11.9. The van der Waals surface area contributed by atoms with Crippen molar-refractivity contribution < 1.29 is 22.4 Å². The molecule has 0 atom stereocenters. The monoisotopic (exact) mass is 316 g/mol. The van der Waals surface area contributed by atoms with Crippen molar-refractivity contribution in [2.45, 2.75) is 12.6 Å². The minimum atomic E-state index is -4.43. The molecule has 6 heteroatoms. The summed E-state index contributed by atoms with van der Waals surface area (Å²) < 4.78 is 50.9. The highest BCUT2D eigenvalue weighted by molar-refractivity contribution is 6.31. The Balaban J connectivity index is 2.18. The minimum Gasteiger partial charge on any atom is -0.294 e. The maximum atomic E-state index is 13.7. The molecular weight excluding hydrogens is 308 g/mol. The maximum Gasteiger partial charge on any atom is 0.416 e. The van der Waals surface area contributed by atoms with Gasteiger partial charge in [0, 0.05) is 6.42 Å². The van der Waals surface area contributed by atoms with E-state index in [1.165, 1.54) is 30.3 Å². The second kappa shape index (κ2) is 5.85. The average molecular weight is 317 g/mol. The Labute approximate surface area is 123 Å². The third-order valence-electron chi connectivity index (χ3n) is 2.90. The predicted molar refractivity (Wildman–Crippen MR) is 70.9 cm³/mol. The van der Waals surface area contributed by atoms with E-state index in [0.717, 1.165) is 12.1 Å². The number of hydrogen-bond donors (Lipinski definition) is 0. The first-order valence-electron chi connectivity index (χ1n) is 5.92. The Morgan fingerprint density at radius 1 is 1.05 bits per heavy atom. The second-order valence-corrected chi connectivity index (χ2v) is 4.80. The van der Waals surface area contributed by atoms with Gasteiger partial charge in [-0.1, -0.05) is 29.8 Å². The van der Waals surface area contributed by atoms with Crippen molar-refractivity contribution in [3.05, 3.63) is 70.0 Å². The molecule has 0 saturated carbocycles. The van der Waals surface area contributed by atoms with Crippen molar-refractivity contribution in [2.24, 2.45) is 0 Å². The number of carbonyl (C=O) groups excluding carboxylic acids is 1. The van der Waals surface area contributed by atoms with Crippen LogP contribution in [0.15, 0.2) is 42.5 Å².